The van der Waals surface area contributed by atoms with Crippen molar-refractivity contribution in [2.75, 3.05) is 11.9 Å². The molecule has 1 saturated carbocycles. The van der Waals surface area contributed by atoms with Crippen LogP contribution in [0.1, 0.15) is 55.0 Å². The summed E-state index contributed by atoms with van der Waals surface area (Å²) in [6, 6.07) is 2.30. The molecule has 0 spiro atoms. The molecular weight excluding hydrogens is 282 g/mol. The van der Waals surface area contributed by atoms with Gasteiger partial charge in [0, 0.05) is 16.8 Å². The van der Waals surface area contributed by atoms with Crippen molar-refractivity contribution in [2.24, 2.45) is 5.41 Å². The van der Waals surface area contributed by atoms with Gasteiger partial charge in [0.25, 0.3) is 0 Å². The molecule has 2 aliphatic rings. The van der Waals surface area contributed by atoms with Gasteiger partial charge in [-0.05, 0) is 37.8 Å². The summed E-state index contributed by atoms with van der Waals surface area (Å²) in [4.78, 5) is 13.9. The molecule has 0 aromatic carbocycles. The Hall–Kier alpha value is -1.38. The van der Waals surface area contributed by atoms with Crippen molar-refractivity contribution >= 4 is 22.2 Å². The predicted octanol–water partition coefficient (Wildman–Crippen LogP) is 3.17. The summed E-state index contributed by atoms with van der Waals surface area (Å²) < 4.78 is 0. The number of hydrogen-bond acceptors (Lipinski definition) is 4. The number of nitriles is 1. The van der Waals surface area contributed by atoms with E-state index in [9.17, 15) is 10.1 Å². The molecule has 2 N–H and O–H groups in total. The molecule has 1 aromatic heterocycles. The first kappa shape index (κ1) is 14.6. The Morgan fingerprint density at radius 2 is 2.24 bits per heavy atom. The number of nitrogens with zero attached hydrogens (tertiary/aromatic N) is 1. The molecule has 1 aliphatic carbocycles. The molecule has 0 radical (unpaired) electrons. The number of amides is 1. The summed E-state index contributed by atoms with van der Waals surface area (Å²) in [5.74, 6) is 0.116. The largest absolute Gasteiger partial charge is 0.316 e. The average molecular weight is 303 g/mol. The molecule has 112 valence electrons. The lowest BCUT2D eigenvalue weighted by atomic mass is 9.82. The van der Waals surface area contributed by atoms with Gasteiger partial charge in [-0.1, -0.05) is 19.8 Å². The van der Waals surface area contributed by atoms with Crippen molar-refractivity contribution in [1.82, 2.24) is 5.32 Å². The Bertz CT molecular complexity index is 593. The first-order chi connectivity index (χ1) is 10.2. The smallest absolute Gasteiger partial charge is 0.231 e. The highest BCUT2D eigenvalue weighted by Crippen LogP contribution is 2.43. The lowest BCUT2D eigenvalue weighted by molar-refractivity contribution is -0.125. The second-order valence-electron chi connectivity index (χ2n) is 6.04. The lowest BCUT2D eigenvalue weighted by Gasteiger charge is -2.25. The summed E-state index contributed by atoms with van der Waals surface area (Å²) in [7, 11) is 0. The Kier molecular flexibility index (Phi) is 4.01. The highest BCUT2D eigenvalue weighted by molar-refractivity contribution is 7.16. The number of thiophene rings is 1. The van der Waals surface area contributed by atoms with Crippen molar-refractivity contribution in [2.45, 2.75) is 52.0 Å². The maximum absolute atomic E-state index is 12.7. The topological polar surface area (TPSA) is 64.9 Å². The van der Waals surface area contributed by atoms with E-state index < -0.39 is 0 Å². The van der Waals surface area contributed by atoms with E-state index >= 15 is 0 Å². The van der Waals surface area contributed by atoms with Crippen molar-refractivity contribution in [3.63, 3.8) is 0 Å². The molecule has 1 fully saturated rings. The zero-order chi connectivity index (χ0) is 14.9. The molecule has 1 amide bonds. The van der Waals surface area contributed by atoms with Gasteiger partial charge in [0.15, 0.2) is 0 Å². The van der Waals surface area contributed by atoms with Crippen LogP contribution in [0.3, 0.4) is 0 Å². The van der Waals surface area contributed by atoms with Gasteiger partial charge in [0.05, 0.1) is 5.56 Å². The minimum atomic E-state index is -0.213. The minimum Gasteiger partial charge on any atom is -0.316 e. The van der Waals surface area contributed by atoms with Gasteiger partial charge in [-0.2, -0.15) is 5.26 Å². The Morgan fingerprint density at radius 3 is 2.90 bits per heavy atom. The number of rotatable bonds is 3. The van der Waals surface area contributed by atoms with Crippen LogP contribution < -0.4 is 10.6 Å². The SMILES string of the molecule is CCC1(C(=O)Nc2sc3c(c2C#N)CCNC3)CCCC1. The second kappa shape index (κ2) is 5.78. The van der Waals surface area contributed by atoms with Crippen LogP contribution in [0.15, 0.2) is 0 Å². The van der Waals surface area contributed by atoms with Crippen LogP contribution >= 0.6 is 11.3 Å². The number of carbonyl (C=O) groups excluding carboxylic acids is 1. The van der Waals surface area contributed by atoms with E-state index in [-0.39, 0.29) is 11.3 Å². The molecule has 21 heavy (non-hydrogen) atoms. The Balaban J connectivity index is 1.86. The number of carbonyl (C=O) groups is 1. The van der Waals surface area contributed by atoms with E-state index in [1.807, 2.05) is 0 Å². The molecule has 5 heteroatoms. The zero-order valence-corrected chi connectivity index (χ0v) is 13.2. The van der Waals surface area contributed by atoms with Crippen LogP contribution in [0.2, 0.25) is 0 Å². The van der Waals surface area contributed by atoms with E-state index in [0.29, 0.717) is 5.56 Å². The van der Waals surface area contributed by atoms with E-state index in [4.69, 9.17) is 0 Å². The van der Waals surface area contributed by atoms with E-state index in [0.717, 1.165) is 62.2 Å². The van der Waals surface area contributed by atoms with E-state index in [2.05, 4.69) is 23.6 Å². The van der Waals surface area contributed by atoms with Gasteiger partial charge < -0.3 is 10.6 Å². The molecule has 0 atom stereocenters. The van der Waals surface area contributed by atoms with Crippen molar-refractivity contribution in [1.29, 1.82) is 5.26 Å². The number of fused-ring (bicyclic) bond motifs is 1. The van der Waals surface area contributed by atoms with Crippen LogP contribution in [0.5, 0.6) is 0 Å². The fourth-order valence-corrected chi connectivity index (χ4v) is 4.73. The first-order valence-electron chi connectivity index (χ1n) is 7.77. The summed E-state index contributed by atoms with van der Waals surface area (Å²) in [5.41, 5.74) is 1.61. The highest BCUT2D eigenvalue weighted by atomic mass is 32.1. The predicted molar refractivity (Wildman–Crippen MR) is 84.3 cm³/mol. The molecule has 1 aliphatic heterocycles. The van der Waals surface area contributed by atoms with Crippen molar-refractivity contribution < 1.29 is 4.79 Å². The summed E-state index contributed by atoms with van der Waals surface area (Å²) in [5, 5.41) is 16.6. The molecular formula is C16H21N3OS. The molecule has 4 nitrogen and oxygen atoms in total. The number of nitrogens with one attached hydrogen (secondary N) is 2. The maximum atomic E-state index is 12.7. The lowest BCUT2D eigenvalue weighted by Crippen LogP contribution is -2.33. The van der Waals surface area contributed by atoms with Gasteiger partial charge in [-0.3, -0.25) is 4.79 Å². The van der Waals surface area contributed by atoms with Crippen molar-refractivity contribution in [3.05, 3.63) is 16.0 Å². The average Bonchev–Trinajstić information content (AvgIpc) is 3.12. The van der Waals surface area contributed by atoms with Gasteiger partial charge in [-0.25, -0.2) is 0 Å². The van der Waals surface area contributed by atoms with E-state index in [1.165, 1.54) is 4.88 Å². The molecule has 0 bridgehead atoms. The Labute approximate surface area is 129 Å². The zero-order valence-electron chi connectivity index (χ0n) is 12.4. The molecule has 3 rings (SSSR count). The van der Waals surface area contributed by atoms with Crippen LogP contribution in [0.4, 0.5) is 5.00 Å². The summed E-state index contributed by atoms with van der Waals surface area (Å²) >= 11 is 1.57. The monoisotopic (exact) mass is 303 g/mol. The first-order valence-corrected chi connectivity index (χ1v) is 8.58. The third-order valence-corrected chi connectivity index (χ3v) is 6.13. The van der Waals surface area contributed by atoms with Crippen LogP contribution in [0, 0.1) is 16.7 Å². The van der Waals surface area contributed by atoms with E-state index in [1.54, 1.807) is 11.3 Å². The molecule has 1 aromatic rings. The van der Waals surface area contributed by atoms with Gasteiger partial charge in [-0.15, -0.1) is 11.3 Å². The van der Waals surface area contributed by atoms with Crippen LogP contribution in [0.25, 0.3) is 0 Å². The number of hydrogen-bond donors (Lipinski definition) is 2. The maximum Gasteiger partial charge on any atom is 0.231 e. The molecule has 0 unspecified atom stereocenters. The quantitative estimate of drug-likeness (QED) is 0.901. The normalized spacial score (nSPS) is 19.8. The van der Waals surface area contributed by atoms with Gasteiger partial charge in [0.2, 0.25) is 5.91 Å². The minimum absolute atomic E-state index is 0.116. The standard InChI is InChI=1S/C16H21N3OS/c1-2-16(6-3-4-7-16)15(20)19-14-12(9-17)11-5-8-18-10-13(11)21-14/h18H,2-8,10H2,1H3,(H,19,20). The van der Waals surface area contributed by atoms with Gasteiger partial charge >= 0.3 is 0 Å². The number of anilines is 1. The fraction of sp³-hybridized carbons (Fsp3) is 0.625. The Morgan fingerprint density at radius 1 is 1.48 bits per heavy atom. The molecule has 0 saturated heterocycles. The van der Waals surface area contributed by atoms with Gasteiger partial charge in [0.1, 0.15) is 11.1 Å². The van der Waals surface area contributed by atoms with Crippen LogP contribution in [-0.4, -0.2) is 12.5 Å². The summed E-state index contributed by atoms with van der Waals surface area (Å²) in [6.45, 7) is 3.81. The molecule has 2 heterocycles. The summed E-state index contributed by atoms with van der Waals surface area (Å²) in [6.07, 6.45) is 5.99. The highest BCUT2D eigenvalue weighted by Gasteiger charge is 2.40. The third kappa shape index (κ3) is 2.47. The third-order valence-electron chi connectivity index (χ3n) is 4.99. The van der Waals surface area contributed by atoms with Crippen LogP contribution in [-0.2, 0) is 17.8 Å². The fourth-order valence-electron chi connectivity index (χ4n) is 3.57. The van der Waals surface area contributed by atoms with Crippen molar-refractivity contribution in [3.8, 4) is 6.07 Å². The second-order valence-corrected chi connectivity index (χ2v) is 7.15.